The number of nitrogens with one attached hydrogen (secondary N) is 1. The van der Waals surface area contributed by atoms with Crippen LogP contribution in [0.3, 0.4) is 0 Å². The molecule has 6 nitrogen and oxygen atoms in total. The van der Waals surface area contributed by atoms with Crippen LogP contribution in [-0.2, 0) is 24.1 Å². The molecule has 1 amide bonds. The Balaban J connectivity index is 1.92. The Morgan fingerprint density at radius 3 is 2.59 bits per heavy atom. The second kappa shape index (κ2) is 5.88. The highest BCUT2D eigenvalue weighted by molar-refractivity contribution is 5.75. The van der Waals surface area contributed by atoms with Crippen LogP contribution >= 0.6 is 0 Å². The van der Waals surface area contributed by atoms with Crippen molar-refractivity contribution in [3.63, 3.8) is 0 Å². The second-order valence-electron chi connectivity index (χ2n) is 5.82. The standard InChI is InChI=1S/C16H21N5O/c1-10(18-2)16-19-15(9-14(17)22)20-21(16)13-7-11-5-3-4-6-12(11)8-13/h3-6,10,13,18H,7-9H2,1-2H3,(H2,17,22). The molecule has 0 bridgehead atoms. The molecule has 1 aromatic heterocycles. The van der Waals surface area contributed by atoms with Gasteiger partial charge < -0.3 is 11.1 Å². The highest BCUT2D eigenvalue weighted by Gasteiger charge is 2.27. The van der Waals surface area contributed by atoms with E-state index in [0.717, 1.165) is 18.7 Å². The molecule has 0 fully saturated rings. The Labute approximate surface area is 129 Å². The van der Waals surface area contributed by atoms with Gasteiger partial charge in [-0.15, -0.1) is 0 Å². The van der Waals surface area contributed by atoms with Gasteiger partial charge in [-0.25, -0.2) is 9.67 Å². The molecule has 1 unspecified atom stereocenters. The molecule has 2 aromatic rings. The van der Waals surface area contributed by atoms with E-state index in [1.165, 1.54) is 11.1 Å². The maximum Gasteiger partial charge on any atom is 0.225 e. The number of nitrogens with two attached hydrogens (primary N) is 1. The average molecular weight is 299 g/mol. The van der Waals surface area contributed by atoms with E-state index in [9.17, 15) is 4.79 Å². The first-order valence-electron chi connectivity index (χ1n) is 7.56. The monoisotopic (exact) mass is 299 g/mol. The van der Waals surface area contributed by atoms with Crippen LogP contribution in [0.15, 0.2) is 24.3 Å². The Hall–Kier alpha value is -2.21. The predicted molar refractivity (Wildman–Crippen MR) is 83.3 cm³/mol. The van der Waals surface area contributed by atoms with Gasteiger partial charge in [0.15, 0.2) is 5.82 Å². The van der Waals surface area contributed by atoms with E-state index in [0.29, 0.717) is 5.82 Å². The van der Waals surface area contributed by atoms with Gasteiger partial charge in [0.25, 0.3) is 0 Å². The third-order valence-electron chi connectivity index (χ3n) is 4.23. The summed E-state index contributed by atoms with van der Waals surface area (Å²) in [5, 5.41) is 7.74. The molecule has 116 valence electrons. The molecule has 1 aromatic carbocycles. The number of carbonyl (C=O) groups excluding carboxylic acids is 1. The summed E-state index contributed by atoms with van der Waals surface area (Å²) in [4.78, 5) is 15.7. The predicted octanol–water partition coefficient (Wildman–Crippen LogP) is 0.926. The number of nitrogens with zero attached hydrogens (tertiary/aromatic N) is 3. The number of hydrogen-bond acceptors (Lipinski definition) is 4. The molecule has 6 heteroatoms. The van der Waals surface area contributed by atoms with Crippen molar-refractivity contribution in [2.75, 3.05) is 7.05 Å². The van der Waals surface area contributed by atoms with Crippen molar-refractivity contribution in [2.24, 2.45) is 5.73 Å². The molecular formula is C16H21N5O. The zero-order valence-corrected chi connectivity index (χ0v) is 12.9. The fourth-order valence-electron chi connectivity index (χ4n) is 3.01. The van der Waals surface area contributed by atoms with Gasteiger partial charge in [0, 0.05) is 0 Å². The van der Waals surface area contributed by atoms with Crippen molar-refractivity contribution in [1.82, 2.24) is 20.1 Å². The molecule has 0 radical (unpaired) electrons. The van der Waals surface area contributed by atoms with E-state index >= 15 is 0 Å². The smallest absolute Gasteiger partial charge is 0.225 e. The van der Waals surface area contributed by atoms with E-state index < -0.39 is 5.91 Å². The van der Waals surface area contributed by atoms with Gasteiger partial charge in [-0.1, -0.05) is 24.3 Å². The van der Waals surface area contributed by atoms with Crippen LogP contribution in [0, 0.1) is 0 Å². The van der Waals surface area contributed by atoms with Crippen LogP contribution < -0.4 is 11.1 Å². The number of rotatable bonds is 5. The molecule has 3 rings (SSSR count). The van der Waals surface area contributed by atoms with E-state index in [-0.39, 0.29) is 18.5 Å². The molecule has 1 aliphatic rings. The number of fused-ring (bicyclic) bond motifs is 1. The summed E-state index contributed by atoms with van der Waals surface area (Å²) in [6.07, 6.45) is 1.97. The Bertz CT molecular complexity index is 669. The van der Waals surface area contributed by atoms with Crippen molar-refractivity contribution in [3.8, 4) is 0 Å². The summed E-state index contributed by atoms with van der Waals surface area (Å²) in [6.45, 7) is 2.04. The van der Waals surface area contributed by atoms with Crippen molar-refractivity contribution in [2.45, 2.75) is 38.3 Å². The summed E-state index contributed by atoms with van der Waals surface area (Å²) in [5.41, 5.74) is 8.00. The van der Waals surface area contributed by atoms with Crippen LogP contribution in [0.4, 0.5) is 0 Å². The minimum atomic E-state index is -0.407. The van der Waals surface area contributed by atoms with E-state index in [1.807, 2.05) is 18.7 Å². The Morgan fingerprint density at radius 2 is 2.05 bits per heavy atom. The number of aromatic nitrogens is 3. The van der Waals surface area contributed by atoms with Crippen LogP contribution in [0.2, 0.25) is 0 Å². The third kappa shape index (κ3) is 2.74. The molecule has 1 heterocycles. The molecule has 0 saturated carbocycles. The van der Waals surface area contributed by atoms with Gasteiger partial charge in [0.1, 0.15) is 5.82 Å². The minimum absolute atomic E-state index is 0.0674. The lowest BCUT2D eigenvalue weighted by Gasteiger charge is -2.16. The molecular weight excluding hydrogens is 278 g/mol. The van der Waals surface area contributed by atoms with Crippen LogP contribution in [0.1, 0.15) is 41.8 Å². The summed E-state index contributed by atoms with van der Waals surface area (Å²) < 4.78 is 1.97. The first-order chi connectivity index (χ1) is 10.6. The summed E-state index contributed by atoms with van der Waals surface area (Å²) in [7, 11) is 1.89. The highest BCUT2D eigenvalue weighted by Crippen LogP contribution is 2.31. The number of amides is 1. The Morgan fingerprint density at radius 1 is 1.41 bits per heavy atom. The SMILES string of the molecule is CNC(C)c1nc(CC(N)=O)nn1C1Cc2ccccc2C1. The molecule has 22 heavy (non-hydrogen) atoms. The second-order valence-corrected chi connectivity index (χ2v) is 5.82. The van der Waals surface area contributed by atoms with E-state index in [4.69, 9.17) is 5.73 Å². The van der Waals surface area contributed by atoms with Crippen LogP contribution in [-0.4, -0.2) is 27.7 Å². The van der Waals surface area contributed by atoms with Gasteiger partial charge >= 0.3 is 0 Å². The first kappa shape index (κ1) is 14.7. The zero-order chi connectivity index (χ0) is 15.7. The van der Waals surface area contributed by atoms with Crippen molar-refractivity contribution >= 4 is 5.91 Å². The number of hydrogen-bond donors (Lipinski definition) is 2. The van der Waals surface area contributed by atoms with E-state index in [1.54, 1.807) is 0 Å². The van der Waals surface area contributed by atoms with Crippen molar-refractivity contribution in [3.05, 3.63) is 47.0 Å². The minimum Gasteiger partial charge on any atom is -0.369 e. The average Bonchev–Trinajstić information content (AvgIpc) is 3.09. The highest BCUT2D eigenvalue weighted by atomic mass is 16.1. The maximum atomic E-state index is 11.1. The summed E-state index contributed by atoms with van der Waals surface area (Å²) >= 11 is 0. The maximum absolute atomic E-state index is 11.1. The number of carbonyl (C=O) groups is 1. The first-order valence-corrected chi connectivity index (χ1v) is 7.56. The van der Waals surface area contributed by atoms with Crippen LogP contribution in [0.5, 0.6) is 0 Å². The van der Waals surface area contributed by atoms with E-state index in [2.05, 4.69) is 39.7 Å². The topological polar surface area (TPSA) is 85.8 Å². The normalized spacial score (nSPS) is 15.7. The van der Waals surface area contributed by atoms with Gasteiger partial charge in [-0.2, -0.15) is 5.10 Å². The fourth-order valence-corrected chi connectivity index (χ4v) is 3.01. The Kier molecular flexibility index (Phi) is 3.94. The number of primary amides is 1. The number of benzene rings is 1. The molecule has 1 aliphatic carbocycles. The quantitative estimate of drug-likeness (QED) is 0.860. The van der Waals surface area contributed by atoms with Crippen molar-refractivity contribution in [1.29, 1.82) is 0 Å². The van der Waals surface area contributed by atoms with Gasteiger partial charge in [0.2, 0.25) is 5.91 Å². The lowest BCUT2D eigenvalue weighted by Crippen LogP contribution is -2.22. The fraction of sp³-hybridized carbons (Fsp3) is 0.438. The van der Waals surface area contributed by atoms with Gasteiger partial charge in [0.05, 0.1) is 18.5 Å². The van der Waals surface area contributed by atoms with Crippen molar-refractivity contribution < 1.29 is 4.79 Å². The molecule has 0 aliphatic heterocycles. The summed E-state index contributed by atoms with van der Waals surface area (Å²) in [5.74, 6) is 0.952. The molecule has 0 spiro atoms. The summed E-state index contributed by atoms with van der Waals surface area (Å²) in [6, 6.07) is 8.78. The third-order valence-corrected chi connectivity index (χ3v) is 4.23. The van der Waals surface area contributed by atoms with Gasteiger partial charge in [-0.05, 0) is 37.9 Å². The lowest BCUT2D eigenvalue weighted by molar-refractivity contribution is -0.117. The zero-order valence-electron chi connectivity index (χ0n) is 12.9. The van der Waals surface area contributed by atoms with Gasteiger partial charge in [-0.3, -0.25) is 4.79 Å². The molecule has 1 atom stereocenters. The molecule has 0 saturated heterocycles. The molecule has 3 N–H and O–H groups in total. The lowest BCUT2D eigenvalue weighted by atomic mass is 10.1. The largest absolute Gasteiger partial charge is 0.369 e. The van der Waals surface area contributed by atoms with Crippen LogP contribution in [0.25, 0.3) is 0 Å².